The Balaban J connectivity index is 2.47. The Morgan fingerprint density at radius 3 is 2.53 bits per heavy atom. The van der Waals surface area contributed by atoms with Crippen LogP contribution in [0, 0.1) is 0 Å². The Labute approximate surface area is 100 Å². The third kappa shape index (κ3) is 4.32. The molecule has 0 aliphatic heterocycles. The minimum Gasteiger partial charge on any atom is -0.493 e. The number of para-hydroxylation sites is 2. The average Bonchev–Trinajstić information content (AvgIpc) is 2.36. The lowest BCUT2D eigenvalue weighted by atomic mass is 10.2. The maximum atomic E-state index is 11.0. The van der Waals surface area contributed by atoms with Crippen molar-refractivity contribution in [2.24, 2.45) is 5.73 Å². The number of methoxy groups -OCH3 is 2. The lowest BCUT2D eigenvalue weighted by Gasteiger charge is -2.14. The summed E-state index contributed by atoms with van der Waals surface area (Å²) in [6.45, 7) is 0.232. The van der Waals surface area contributed by atoms with Gasteiger partial charge in [-0.15, -0.1) is 0 Å². The molecule has 5 heteroatoms. The zero-order chi connectivity index (χ0) is 12.7. The van der Waals surface area contributed by atoms with Gasteiger partial charge in [0.15, 0.2) is 11.5 Å². The second-order valence-electron chi connectivity index (χ2n) is 3.50. The summed E-state index contributed by atoms with van der Waals surface area (Å²) in [6, 6.07) is 6.86. The quantitative estimate of drug-likeness (QED) is 0.749. The fraction of sp³-hybridized carbons (Fsp3) is 0.417. The molecule has 1 aromatic carbocycles. The van der Waals surface area contributed by atoms with Crippen LogP contribution in [0.3, 0.4) is 0 Å². The summed E-state index contributed by atoms with van der Waals surface area (Å²) in [4.78, 5) is 11.0. The van der Waals surface area contributed by atoms with E-state index in [9.17, 15) is 4.79 Å². The van der Waals surface area contributed by atoms with E-state index in [2.05, 4.69) is 4.74 Å². The minimum absolute atomic E-state index is 0.131. The van der Waals surface area contributed by atoms with Gasteiger partial charge >= 0.3 is 5.97 Å². The van der Waals surface area contributed by atoms with Gasteiger partial charge in [-0.05, 0) is 12.1 Å². The molecule has 0 spiro atoms. The lowest BCUT2D eigenvalue weighted by Crippen LogP contribution is -2.31. The maximum absolute atomic E-state index is 11.0. The molecule has 0 saturated carbocycles. The number of benzene rings is 1. The Kier molecular flexibility index (Phi) is 5.29. The van der Waals surface area contributed by atoms with Gasteiger partial charge < -0.3 is 19.9 Å². The normalized spacial score (nSPS) is 11.7. The van der Waals surface area contributed by atoms with Gasteiger partial charge in [0, 0.05) is 6.04 Å². The monoisotopic (exact) mass is 239 g/mol. The van der Waals surface area contributed by atoms with Crippen LogP contribution in [0.15, 0.2) is 24.3 Å². The highest BCUT2D eigenvalue weighted by molar-refractivity contribution is 5.69. The van der Waals surface area contributed by atoms with Crippen LogP contribution in [0.25, 0.3) is 0 Å². The zero-order valence-electron chi connectivity index (χ0n) is 10.0. The first-order chi connectivity index (χ1) is 8.17. The molecule has 1 aromatic rings. The van der Waals surface area contributed by atoms with Crippen LogP contribution in [0.2, 0.25) is 0 Å². The van der Waals surface area contributed by atoms with Crippen molar-refractivity contribution in [1.29, 1.82) is 0 Å². The highest BCUT2D eigenvalue weighted by Gasteiger charge is 2.11. The lowest BCUT2D eigenvalue weighted by molar-refractivity contribution is -0.141. The first-order valence-corrected chi connectivity index (χ1v) is 5.25. The van der Waals surface area contributed by atoms with Crippen LogP contribution in [-0.2, 0) is 9.53 Å². The molecular formula is C12H17NO4. The highest BCUT2D eigenvalue weighted by atomic mass is 16.5. The number of hydrogen-bond acceptors (Lipinski definition) is 5. The second-order valence-corrected chi connectivity index (χ2v) is 3.50. The van der Waals surface area contributed by atoms with Crippen molar-refractivity contribution in [2.75, 3.05) is 20.8 Å². The van der Waals surface area contributed by atoms with E-state index in [4.69, 9.17) is 15.2 Å². The molecule has 0 aliphatic carbocycles. The molecule has 0 saturated heterocycles. The van der Waals surface area contributed by atoms with E-state index in [-0.39, 0.29) is 19.0 Å². The van der Waals surface area contributed by atoms with Crippen LogP contribution in [0.1, 0.15) is 6.42 Å². The van der Waals surface area contributed by atoms with E-state index in [0.717, 1.165) is 0 Å². The molecule has 0 amide bonds. The standard InChI is InChI=1S/C12H17NO4/c1-15-10-5-3-4-6-11(10)17-8-9(13)7-12(14)16-2/h3-6,9H,7-8,13H2,1-2H3. The fourth-order valence-corrected chi connectivity index (χ4v) is 1.29. The van der Waals surface area contributed by atoms with Gasteiger partial charge in [0.2, 0.25) is 0 Å². The van der Waals surface area contributed by atoms with Crippen molar-refractivity contribution in [2.45, 2.75) is 12.5 Å². The van der Waals surface area contributed by atoms with Gasteiger partial charge in [0.05, 0.1) is 20.6 Å². The topological polar surface area (TPSA) is 70.8 Å². The van der Waals surface area contributed by atoms with E-state index in [1.54, 1.807) is 19.2 Å². The molecule has 0 heterocycles. The van der Waals surface area contributed by atoms with Crippen LogP contribution in [0.5, 0.6) is 11.5 Å². The van der Waals surface area contributed by atoms with Crippen LogP contribution in [-0.4, -0.2) is 32.8 Å². The molecule has 0 radical (unpaired) electrons. The number of nitrogens with two attached hydrogens (primary N) is 1. The van der Waals surface area contributed by atoms with Gasteiger partial charge in [-0.2, -0.15) is 0 Å². The second kappa shape index (κ2) is 6.75. The van der Waals surface area contributed by atoms with E-state index in [1.165, 1.54) is 7.11 Å². The molecule has 5 nitrogen and oxygen atoms in total. The van der Waals surface area contributed by atoms with Gasteiger partial charge in [-0.1, -0.05) is 12.1 Å². The first kappa shape index (κ1) is 13.3. The predicted octanol–water partition coefficient (Wildman–Crippen LogP) is 0.964. The fourth-order valence-electron chi connectivity index (χ4n) is 1.29. The maximum Gasteiger partial charge on any atom is 0.307 e. The number of rotatable bonds is 6. The molecular weight excluding hydrogens is 222 g/mol. The minimum atomic E-state index is -0.396. The molecule has 1 rings (SSSR count). The Hall–Kier alpha value is -1.75. The summed E-state index contributed by atoms with van der Waals surface area (Å²) < 4.78 is 15.1. The molecule has 94 valence electrons. The Morgan fingerprint density at radius 1 is 1.29 bits per heavy atom. The smallest absolute Gasteiger partial charge is 0.307 e. The van der Waals surface area contributed by atoms with Crippen molar-refractivity contribution in [3.8, 4) is 11.5 Å². The largest absolute Gasteiger partial charge is 0.493 e. The predicted molar refractivity (Wildman–Crippen MR) is 63.1 cm³/mol. The number of esters is 1. The van der Waals surface area contributed by atoms with E-state index >= 15 is 0 Å². The van der Waals surface area contributed by atoms with Gasteiger partial charge in [0.1, 0.15) is 6.61 Å². The van der Waals surface area contributed by atoms with Crippen molar-refractivity contribution in [3.63, 3.8) is 0 Å². The summed E-state index contributed by atoms with van der Waals surface area (Å²) in [5.41, 5.74) is 5.72. The van der Waals surface area contributed by atoms with Crippen LogP contribution >= 0.6 is 0 Å². The molecule has 2 N–H and O–H groups in total. The van der Waals surface area contributed by atoms with Crippen molar-refractivity contribution in [1.82, 2.24) is 0 Å². The van der Waals surface area contributed by atoms with Gasteiger partial charge in [-0.3, -0.25) is 4.79 Å². The molecule has 0 aliphatic rings. The Bertz CT molecular complexity index is 367. The number of ether oxygens (including phenoxy) is 3. The third-order valence-electron chi connectivity index (χ3n) is 2.18. The van der Waals surface area contributed by atoms with Gasteiger partial charge in [0.25, 0.3) is 0 Å². The van der Waals surface area contributed by atoms with Crippen LogP contribution < -0.4 is 15.2 Å². The third-order valence-corrected chi connectivity index (χ3v) is 2.18. The summed E-state index contributed by atoms with van der Waals surface area (Å²) in [7, 11) is 2.90. The summed E-state index contributed by atoms with van der Waals surface area (Å²) in [5, 5.41) is 0. The molecule has 17 heavy (non-hydrogen) atoms. The zero-order valence-corrected chi connectivity index (χ0v) is 10.0. The van der Waals surface area contributed by atoms with Crippen molar-refractivity contribution in [3.05, 3.63) is 24.3 Å². The molecule has 0 aromatic heterocycles. The number of carbonyl (C=O) groups is 1. The SMILES string of the molecule is COC(=O)CC(N)COc1ccccc1OC. The average molecular weight is 239 g/mol. The number of hydrogen-bond donors (Lipinski definition) is 1. The molecule has 1 unspecified atom stereocenters. The van der Waals surface area contributed by atoms with Crippen molar-refractivity contribution < 1.29 is 19.0 Å². The number of carbonyl (C=O) groups excluding carboxylic acids is 1. The van der Waals surface area contributed by atoms with Crippen molar-refractivity contribution >= 4 is 5.97 Å². The van der Waals surface area contributed by atoms with Crippen LogP contribution in [0.4, 0.5) is 0 Å². The first-order valence-electron chi connectivity index (χ1n) is 5.25. The van der Waals surface area contributed by atoms with Gasteiger partial charge in [-0.25, -0.2) is 0 Å². The summed E-state index contributed by atoms with van der Waals surface area (Å²) in [6.07, 6.45) is 0.131. The van der Waals surface area contributed by atoms with E-state index < -0.39 is 6.04 Å². The summed E-state index contributed by atoms with van der Waals surface area (Å²) >= 11 is 0. The molecule has 1 atom stereocenters. The summed E-state index contributed by atoms with van der Waals surface area (Å²) in [5.74, 6) is 0.897. The van der Waals surface area contributed by atoms with E-state index in [0.29, 0.717) is 11.5 Å². The molecule has 0 fully saturated rings. The van der Waals surface area contributed by atoms with E-state index in [1.807, 2.05) is 12.1 Å². The highest BCUT2D eigenvalue weighted by Crippen LogP contribution is 2.25. The molecule has 0 bridgehead atoms. The Morgan fingerprint density at radius 2 is 1.94 bits per heavy atom.